The van der Waals surface area contributed by atoms with Gasteiger partial charge in [-0.15, -0.1) is 0 Å². The monoisotopic (exact) mass is 216 g/mol. The molecule has 0 aromatic rings. The number of carboxylic acid groups (broad SMARTS) is 1. The second-order valence-corrected chi connectivity index (χ2v) is 4.75. The molecule has 0 heterocycles. The fraction of sp³-hybridized carbons (Fsp3) is 0.833. The first kappa shape index (κ1) is 16.6. The summed E-state index contributed by atoms with van der Waals surface area (Å²) in [6, 6.07) is 0. The SMILES string of the molecule is CC(C)(C)CCCCCC(=O)O.CC=O. The summed E-state index contributed by atoms with van der Waals surface area (Å²) in [6.07, 6.45) is 5.28. The lowest BCUT2D eigenvalue weighted by molar-refractivity contribution is -0.137. The summed E-state index contributed by atoms with van der Waals surface area (Å²) in [5.41, 5.74) is 0.392. The first-order valence-corrected chi connectivity index (χ1v) is 5.45. The summed E-state index contributed by atoms with van der Waals surface area (Å²) in [4.78, 5) is 19.0. The number of hydrogen-bond acceptors (Lipinski definition) is 2. The van der Waals surface area contributed by atoms with Crippen molar-refractivity contribution in [3.05, 3.63) is 0 Å². The van der Waals surface area contributed by atoms with Crippen LogP contribution in [0, 0.1) is 5.41 Å². The normalized spacial score (nSPS) is 10.1. The van der Waals surface area contributed by atoms with Gasteiger partial charge in [0.25, 0.3) is 0 Å². The van der Waals surface area contributed by atoms with Crippen LogP contribution in [0.5, 0.6) is 0 Å². The minimum atomic E-state index is -0.675. The van der Waals surface area contributed by atoms with Crippen molar-refractivity contribution in [2.45, 2.75) is 59.8 Å². The second-order valence-electron chi connectivity index (χ2n) is 4.75. The van der Waals surface area contributed by atoms with Crippen molar-refractivity contribution in [2.24, 2.45) is 5.41 Å². The smallest absolute Gasteiger partial charge is 0.303 e. The Kier molecular flexibility index (Phi) is 10.7. The highest BCUT2D eigenvalue weighted by molar-refractivity contribution is 5.66. The van der Waals surface area contributed by atoms with Crippen LogP contribution in [-0.2, 0) is 9.59 Å². The number of hydrogen-bond donors (Lipinski definition) is 1. The Hall–Kier alpha value is -0.860. The van der Waals surface area contributed by atoms with E-state index in [-0.39, 0.29) is 0 Å². The number of carbonyl (C=O) groups is 2. The van der Waals surface area contributed by atoms with E-state index in [0.29, 0.717) is 11.8 Å². The van der Waals surface area contributed by atoms with Gasteiger partial charge in [-0.05, 0) is 25.2 Å². The third-order valence-corrected chi connectivity index (χ3v) is 1.82. The average Bonchev–Trinajstić information content (AvgIpc) is 2.02. The molecule has 0 bridgehead atoms. The van der Waals surface area contributed by atoms with Crippen molar-refractivity contribution in [1.82, 2.24) is 0 Å². The van der Waals surface area contributed by atoms with Gasteiger partial charge < -0.3 is 9.90 Å². The van der Waals surface area contributed by atoms with Gasteiger partial charge in [-0.1, -0.05) is 33.6 Å². The summed E-state index contributed by atoms with van der Waals surface area (Å²) in [5.74, 6) is -0.675. The molecule has 0 aliphatic carbocycles. The minimum Gasteiger partial charge on any atom is -0.481 e. The topological polar surface area (TPSA) is 54.4 Å². The van der Waals surface area contributed by atoms with Crippen LogP contribution in [0.3, 0.4) is 0 Å². The largest absolute Gasteiger partial charge is 0.481 e. The molecule has 0 aromatic heterocycles. The summed E-state index contributed by atoms with van der Waals surface area (Å²) in [5, 5.41) is 8.37. The Balaban J connectivity index is 0. The van der Waals surface area contributed by atoms with Crippen molar-refractivity contribution >= 4 is 12.3 Å². The van der Waals surface area contributed by atoms with Crippen LogP contribution in [0.2, 0.25) is 0 Å². The minimum absolute atomic E-state index is 0.324. The Morgan fingerprint density at radius 2 is 1.67 bits per heavy atom. The van der Waals surface area contributed by atoms with E-state index in [0.717, 1.165) is 25.5 Å². The van der Waals surface area contributed by atoms with Crippen LogP contribution in [0.1, 0.15) is 59.8 Å². The van der Waals surface area contributed by atoms with Gasteiger partial charge in [0, 0.05) is 6.42 Å². The van der Waals surface area contributed by atoms with Crippen LogP contribution in [0.15, 0.2) is 0 Å². The zero-order chi connectivity index (χ0) is 12.3. The Morgan fingerprint density at radius 3 is 2.00 bits per heavy atom. The molecule has 3 nitrogen and oxygen atoms in total. The third-order valence-electron chi connectivity index (χ3n) is 1.82. The van der Waals surface area contributed by atoms with E-state index >= 15 is 0 Å². The molecular weight excluding hydrogens is 192 g/mol. The van der Waals surface area contributed by atoms with Gasteiger partial charge in [0.1, 0.15) is 6.29 Å². The van der Waals surface area contributed by atoms with Crippen LogP contribution in [-0.4, -0.2) is 17.4 Å². The zero-order valence-electron chi connectivity index (χ0n) is 10.4. The van der Waals surface area contributed by atoms with E-state index in [1.807, 2.05) is 0 Å². The molecule has 15 heavy (non-hydrogen) atoms. The molecule has 0 fully saturated rings. The van der Waals surface area contributed by atoms with E-state index < -0.39 is 5.97 Å². The van der Waals surface area contributed by atoms with E-state index in [9.17, 15) is 4.79 Å². The van der Waals surface area contributed by atoms with Crippen LogP contribution in [0.4, 0.5) is 0 Å². The van der Waals surface area contributed by atoms with Crippen molar-refractivity contribution < 1.29 is 14.7 Å². The molecule has 0 atom stereocenters. The first-order valence-electron chi connectivity index (χ1n) is 5.45. The lowest BCUT2D eigenvalue weighted by Gasteiger charge is -2.17. The van der Waals surface area contributed by atoms with Crippen LogP contribution >= 0.6 is 0 Å². The molecule has 0 rings (SSSR count). The summed E-state index contributed by atoms with van der Waals surface area (Å²) in [7, 11) is 0. The number of aldehydes is 1. The van der Waals surface area contributed by atoms with Gasteiger partial charge in [-0.2, -0.15) is 0 Å². The van der Waals surface area contributed by atoms with Crippen LogP contribution in [0.25, 0.3) is 0 Å². The first-order chi connectivity index (χ1) is 6.83. The molecular formula is C12H24O3. The molecule has 0 amide bonds. The Labute approximate surface area is 92.9 Å². The average molecular weight is 216 g/mol. The van der Waals surface area contributed by atoms with Crippen molar-refractivity contribution in [3.63, 3.8) is 0 Å². The maximum Gasteiger partial charge on any atom is 0.303 e. The molecule has 0 saturated carbocycles. The fourth-order valence-corrected chi connectivity index (χ4v) is 1.11. The summed E-state index contributed by atoms with van der Waals surface area (Å²) < 4.78 is 0. The number of carboxylic acids is 1. The third kappa shape index (κ3) is 24.6. The molecule has 0 radical (unpaired) electrons. The predicted molar refractivity (Wildman–Crippen MR) is 61.9 cm³/mol. The fourth-order valence-electron chi connectivity index (χ4n) is 1.11. The van der Waals surface area contributed by atoms with Gasteiger partial charge in [0.2, 0.25) is 0 Å². The van der Waals surface area contributed by atoms with Crippen molar-refractivity contribution in [3.8, 4) is 0 Å². The van der Waals surface area contributed by atoms with Gasteiger partial charge >= 0.3 is 5.97 Å². The van der Waals surface area contributed by atoms with E-state index in [2.05, 4.69) is 20.8 Å². The van der Waals surface area contributed by atoms with Crippen molar-refractivity contribution in [2.75, 3.05) is 0 Å². The molecule has 0 aliphatic heterocycles. The van der Waals surface area contributed by atoms with Gasteiger partial charge in [-0.3, -0.25) is 4.79 Å². The number of carbonyl (C=O) groups excluding carboxylic acids is 1. The standard InChI is InChI=1S/C10H20O2.C2H4O/c1-10(2,3)8-6-4-5-7-9(11)12;1-2-3/h4-8H2,1-3H3,(H,11,12);2H,1H3. The van der Waals surface area contributed by atoms with E-state index in [1.165, 1.54) is 13.3 Å². The van der Waals surface area contributed by atoms with Gasteiger partial charge in [0.05, 0.1) is 0 Å². The molecule has 1 N–H and O–H groups in total. The quantitative estimate of drug-likeness (QED) is 0.567. The molecule has 0 aliphatic rings. The molecule has 0 saturated heterocycles. The molecule has 0 unspecified atom stereocenters. The summed E-state index contributed by atoms with van der Waals surface area (Å²) >= 11 is 0. The lowest BCUT2D eigenvalue weighted by atomic mass is 9.89. The maximum atomic E-state index is 10.2. The number of aliphatic carboxylic acids is 1. The molecule has 90 valence electrons. The number of unbranched alkanes of at least 4 members (excludes halogenated alkanes) is 2. The zero-order valence-corrected chi connectivity index (χ0v) is 10.4. The second kappa shape index (κ2) is 9.69. The Bertz CT molecular complexity index is 168. The van der Waals surface area contributed by atoms with Crippen LogP contribution < -0.4 is 0 Å². The number of rotatable bonds is 5. The van der Waals surface area contributed by atoms with Gasteiger partial charge in [0.15, 0.2) is 0 Å². The van der Waals surface area contributed by atoms with Crippen molar-refractivity contribution in [1.29, 1.82) is 0 Å². The molecule has 0 spiro atoms. The molecule has 0 aromatic carbocycles. The maximum absolute atomic E-state index is 10.2. The predicted octanol–water partition coefficient (Wildman–Crippen LogP) is 3.27. The lowest BCUT2D eigenvalue weighted by Crippen LogP contribution is -2.04. The molecule has 3 heteroatoms. The highest BCUT2D eigenvalue weighted by Gasteiger charge is 2.08. The van der Waals surface area contributed by atoms with Gasteiger partial charge in [-0.25, -0.2) is 0 Å². The Morgan fingerprint density at radius 1 is 1.20 bits per heavy atom. The highest BCUT2D eigenvalue weighted by atomic mass is 16.4. The van der Waals surface area contributed by atoms with E-state index in [4.69, 9.17) is 9.90 Å². The highest BCUT2D eigenvalue weighted by Crippen LogP contribution is 2.22. The van der Waals surface area contributed by atoms with E-state index in [1.54, 1.807) is 0 Å². The summed E-state index contributed by atoms with van der Waals surface area (Å²) in [6.45, 7) is 8.08.